The first kappa shape index (κ1) is 10.1. The third-order valence-electron chi connectivity index (χ3n) is 1.13. The number of carboxylic acids is 1. The average Bonchev–Trinajstić information content (AvgIpc) is 1.87. The number of piperidine rings is 1. The molecule has 0 aromatic heterocycles. The van der Waals surface area contributed by atoms with Crippen LogP contribution in [-0.2, 0) is 9.59 Å². The van der Waals surface area contributed by atoms with Gasteiger partial charge in [0.25, 0.3) is 5.97 Å². The molecule has 0 unspecified atom stereocenters. The first-order valence-corrected chi connectivity index (χ1v) is 3.55. The highest BCUT2D eigenvalue weighted by Crippen LogP contribution is 1.92. The molecular weight excluding hydrogens is 146 g/mol. The molecule has 4 nitrogen and oxygen atoms in total. The molecule has 0 aliphatic carbocycles. The standard InChI is InChI=1S/C5H9NO.C2H4O2/c7-5-2-1-3-6-4-5;1-2(3)4/h6H,1-4H2;1H3,(H,3,4). The Morgan fingerprint density at radius 1 is 1.64 bits per heavy atom. The fourth-order valence-electron chi connectivity index (χ4n) is 0.727. The van der Waals surface area contributed by atoms with Crippen LogP contribution in [0.4, 0.5) is 0 Å². The summed E-state index contributed by atoms with van der Waals surface area (Å²) < 4.78 is 0. The second-order valence-electron chi connectivity index (χ2n) is 2.34. The van der Waals surface area contributed by atoms with Crippen molar-refractivity contribution in [2.45, 2.75) is 19.8 Å². The molecule has 11 heavy (non-hydrogen) atoms. The maximum absolute atomic E-state index is 10.4. The van der Waals surface area contributed by atoms with Crippen LogP contribution < -0.4 is 5.32 Å². The predicted molar refractivity (Wildman–Crippen MR) is 40.4 cm³/mol. The van der Waals surface area contributed by atoms with Crippen molar-refractivity contribution < 1.29 is 14.7 Å². The van der Waals surface area contributed by atoms with E-state index < -0.39 is 5.97 Å². The molecule has 1 heterocycles. The van der Waals surface area contributed by atoms with Crippen LogP contribution in [0.5, 0.6) is 0 Å². The van der Waals surface area contributed by atoms with E-state index in [0.29, 0.717) is 12.3 Å². The highest BCUT2D eigenvalue weighted by Gasteiger charge is 2.04. The summed E-state index contributed by atoms with van der Waals surface area (Å²) in [6.45, 7) is 2.70. The van der Waals surface area contributed by atoms with E-state index in [-0.39, 0.29) is 0 Å². The molecule has 2 N–H and O–H groups in total. The normalized spacial score (nSPS) is 16.6. The van der Waals surface area contributed by atoms with E-state index in [1.54, 1.807) is 0 Å². The number of carbonyl (C=O) groups excluding carboxylic acids is 1. The Kier molecular flexibility index (Phi) is 5.37. The number of carboxylic acid groups (broad SMARTS) is 1. The van der Waals surface area contributed by atoms with Gasteiger partial charge >= 0.3 is 0 Å². The van der Waals surface area contributed by atoms with Crippen molar-refractivity contribution in [2.75, 3.05) is 13.1 Å². The number of rotatable bonds is 0. The maximum Gasteiger partial charge on any atom is 0.300 e. The minimum absolute atomic E-state index is 0.353. The molecule has 0 aromatic rings. The van der Waals surface area contributed by atoms with Crippen molar-refractivity contribution in [2.24, 2.45) is 0 Å². The average molecular weight is 159 g/mol. The Labute approximate surface area is 65.6 Å². The fraction of sp³-hybridized carbons (Fsp3) is 0.714. The monoisotopic (exact) mass is 159 g/mol. The van der Waals surface area contributed by atoms with Gasteiger partial charge in [0.2, 0.25) is 0 Å². The predicted octanol–water partition coefficient (Wildman–Crippen LogP) is 0.0298. The smallest absolute Gasteiger partial charge is 0.300 e. The zero-order valence-electron chi connectivity index (χ0n) is 6.59. The molecule has 0 radical (unpaired) electrons. The summed E-state index contributed by atoms with van der Waals surface area (Å²) in [6.07, 6.45) is 1.81. The molecule has 1 aliphatic rings. The molecule has 64 valence electrons. The van der Waals surface area contributed by atoms with Crippen molar-refractivity contribution in [1.82, 2.24) is 5.32 Å². The largest absolute Gasteiger partial charge is 0.481 e. The molecule has 0 spiro atoms. The first-order chi connectivity index (χ1) is 5.13. The molecule has 1 fully saturated rings. The number of hydrogen-bond donors (Lipinski definition) is 2. The summed E-state index contributed by atoms with van der Waals surface area (Å²) in [4.78, 5) is 19.4. The topological polar surface area (TPSA) is 66.4 Å². The van der Waals surface area contributed by atoms with Crippen LogP contribution in [0.15, 0.2) is 0 Å². The van der Waals surface area contributed by atoms with Crippen LogP contribution >= 0.6 is 0 Å². The van der Waals surface area contributed by atoms with Gasteiger partial charge < -0.3 is 10.4 Å². The molecule has 0 bridgehead atoms. The summed E-state index contributed by atoms with van der Waals surface area (Å²) in [5.74, 6) is -0.480. The lowest BCUT2D eigenvalue weighted by Gasteiger charge is -2.08. The molecule has 0 amide bonds. The van der Waals surface area contributed by atoms with E-state index in [0.717, 1.165) is 26.3 Å². The highest BCUT2D eigenvalue weighted by molar-refractivity contribution is 5.80. The summed E-state index contributed by atoms with van der Waals surface area (Å²) in [6, 6.07) is 0. The van der Waals surface area contributed by atoms with Crippen LogP contribution in [0.3, 0.4) is 0 Å². The number of nitrogens with one attached hydrogen (secondary N) is 1. The van der Waals surface area contributed by atoms with Gasteiger partial charge in [0.05, 0.1) is 6.54 Å². The Bertz CT molecular complexity index is 133. The van der Waals surface area contributed by atoms with Crippen LogP contribution in [0, 0.1) is 0 Å². The van der Waals surface area contributed by atoms with E-state index in [1.807, 2.05) is 0 Å². The molecular formula is C7H13NO3. The molecule has 1 rings (SSSR count). The second-order valence-corrected chi connectivity index (χ2v) is 2.34. The van der Waals surface area contributed by atoms with Gasteiger partial charge in [-0.25, -0.2) is 0 Å². The van der Waals surface area contributed by atoms with E-state index >= 15 is 0 Å². The number of ketones is 1. The van der Waals surface area contributed by atoms with E-state index in [1.165, 1.54) is 0 Å². The van der Waals surface area contributed by atoms with Crippen molar-refractivity contribution in [3.05, 3.63) is 0 Å². The lowest BCUT2D eigenvalue weighted by atomic mass is 10.1. The van der Waals surface area contributed by atoms with Crippen molar-refractivity contribution >= 4 is 11.8 Å². The van der Waals surface area contributed by atoms with Gasteiger partial charge in [-0.05, 0) is 13.0 Å². The van der Waals surface area contributed by atoms with Crippen molar-refractivity contribution in [3.63, 3.8) is 0 Å². The number of hydrogen-bond acceptors (Lipinski definition) is 3. The summed E-state index contributed by atoms with van der Waals surface area (Å²) in [5.41, 5.74) is 0. The van der Waals surface area contributed by atoms with Gasteiger partial charge in [-0.1, -0.05) is 0 Å². The summed E-state index contributed by atoms with van der Waals surface area (Å²) in [5, 5.41) is 10.4. The van der Waals surface area contributed by atoms with Crippen LogP contribution in [0.1, 0.15) is 19.8 Å². The van der Waals surface area contributed by atoms with Gasteiger partial charge in [0, 0.05) is 13.3 Å². The van der Waals surface area contributed by atoms with Crippen LogP contribution in [0.25, 0.3) is 0 Å². The highest BCUT2D eigenvalue weighted by atomic mass is 16.4. The first-order valence-electron chi connectivity index (χ1n) is 3.55. The number of carbonyl (C=O) groups is 2. The lowest BCUT2D eigenvalue weighted by molar-refractivity contribution is -0.134. The number of Topliss-reactive ketones (excluding diaryl/α,β-unsaturated/α-hetero) is 1. The maximum atomic E-state index is 10.4. The third kappa shape index (κ3) is 9.10. The summed E-state index contributed by atoms with van der Waals surface area (Å²) >= 11 is 0. The zero-order chi connectivity index (χ0) is 8.69. The Morgan fingerprint density at radius 2 is 2.18 bits per heavy atom. The second kappa shape index (κ2) is 5.85. The third-order valence-corrected chi connectivity index (χ3v) is 1.13. The molecule has 1 saturated heterocycles. The molecule has 4 heteroatoms. The quantitative estimate of drug-likeness (QED) is 0.523. The minimum Gasteiger partial charge on any atom is -0.481 e. The van der Waals surface area contributed by atoms with E-state index in [4.69, 9.17) is 9.90 Å². The van der Waals surface area contributed by atoms with Gasteiger partial charge in [0.1, 0.15) is 5.78 Å². The van der Waals surface area contributed by atoms with E-state index in [2.05, 4.69) is 5.32 Å². The Hall–Kier alpha value is -0.900. The Balaban J connectivity index is 0.000000218. The van der Waals surface area contributed by atoms with Crippen molar-refractivity contribution in [3.8, 4) is 0 Å². The Morgan fingerprint density at radius 3 is 2.36 bits per heavy atom. The van der Waals surface area contributed by atoms with Gasteiger partial charge in [-0.2, -0.15) is 0 Å². The van der Waals surface area contributed by atoms with E-state index in [9.17, 15) is 4.79 Å². The minimum atomic E-state index is -0.833. The molecule has 0 aromatic carbocycles. The fourth-order valence-corrected chi connectivity index (χ4v) is 0.727. The number of aliphatic carboxylic acids is 1. The molecule has 0 saturated carbocycles. The van der Waals surface area contributed by atoms with Crippen LogP contribution in [0.2, 0.25) is 0 Å². The van der Waals surface area contributed by atoms with Gasteiger partial charge in [-0.3, -0.25) is 9.59 Å². The van der Waals surface area contributed by atoms with Crippen LogP contribution in [-0.4, -0.2) is 29.9 Å². The lowest BCUT2D eigenvalue weighted by Crippen LogP contribution is -2.29. The van der Waals surface area contributed by atoms with Gasteiger partial charge in [0.15, 0.2) is 0 Å². The zero-order valence-corrected chi connectivity index (χ0v) is 6.59. The molecule has 0 atom stereocenters. The molecule has 1 aliphatic heterocycles. The van der Waals surface area contributed by atoms with Gasteiger partial charge in [-0.15, -0.1) is 0 Å². The van der Waals surface area contributed by atoms with Crippen molar-refractivity contribution in [1.29, 1.82) is 0 Å². The summed E-state index contributed by atoms with van der Waals surface area (Å²) in [7, 11) is 0. The SMILES string of the molecule is CC(=O)O.O=C1CCCNC1.